The number of anilines is 1. The highest BCUT2D eigenvalue weighted by atomic mass is 35.5. The Hall–Kier alpha value is -1.82. The van der Waals surface area contributed by atoms with E-state index in [-0.39, 0.29) is 22.3 Å². The van der Waals surface area contributed by atoms with Gasteiger partial charge in [0.25, 0.3) is 0 Å². The van der Waals surface area contributed by atoms with Crippen LogP contribution < -0.4 is 5.32 Å². The van der Waals surface area contributed by atoms with Crippen LogP contribution in [0.5, 0.6) is 0 Å². The summed E-state index contributed by atoms with van der Waals surface area (Å²) in [6.07, 6.45) is 0. The predicted molar refractivity (Wildman–Crippen MR) is 90.3 cm³/mol. The van der Waals surface area contributed by atoms with Crippen LogP contribution in [0.3, 0.4) is 0 Å². The lowest BCUT2D eigenvalue weighted by Crippen LogP contribution is -2.12. The van der Waals surface area contributed by atoms with Gasteiger partial charge < -0.3 is 10.1 Å². The van der Waals surface area contributed by atoms with E-state index in [4.69, 9.17) is 34.8 Å². The van der Waals surface area contributed by atoms with Gasteiger partial charge in [0.15, 0.2) is 5.69 Å². The molecule has 1 aromatic heterocycles. The fourth-order valence-electron chi connectivity index (χ4n) is 1.87. The summed E-state index contributed by atoms with van der Waals surface area (Å²) < 4.78 is 4.66. The van der Waals surface area contributed by atoms with E-state index in [2.05, 4.69) is 15.0 Å². The van der Waals surface area contributed by atoms with Crippen LogP contribution >= 0.6 is 34.8 Å². The van der Waals surface area contributed by atoms with E-state index in [1.807, 2.05) is 0 Å². The number of benzene rings is 1. The fraction of sp³-hybridized carbons (Fsp3) is 0.133. The van der Waals surface area contributed by atoms with Crippen molar-refractivity contribution in [3.63, 3.8) is 0 Å². The summed E-state index contributed by atoms with van der Waals surface area (Å²) in [6, 6.07) is 6.33. The van der Waals surface area contributed by atoms with Gasteiger partial charge in [0.05, 0.1) is 28.5 Å². The molecule has 120 valence electrons. The molecule has 1 aromatic carbocycles. The molecule has 1 N–H and O–H groups in total. The molecule has 8 heteroatoms. The van der Waals surface area contributed by atoms with Gasteiger partial charge in [0, 0.05) is 17.5 Å². The number of nitrogens with one attached hydrogen (secondary N) is 1. The minimum absolute atomic E-state index is 0.0195. The van der Waals surface area contributed by atoms with Gasteiger partial charge in [0.2, 0.25) is 5.91 Å². The minimum atomic E-state index is -0.735. The molecule has 1 amide bonds. The first-order valence-corrected chi connectivity index (χ1v) is 7.48. The Kier molecular flexibility index (Phi) is 5.46. The lowest BCUT2D eigenvalue weighted by molar-refractivity contribution is -0.114. The number of halogens is 3. The first-order valence-electron chi connectivity index (χ1n) is 6.35. The van der Waals surface area contributed by atoms with E-state index in [9.17, 15) is 9.59 Å². The number of methoxy groups -OCH3 is 1. The Morgan fingerprint density at radius 3 is 2.48 bits per heavy atom. The van der Waals surface area contributed by atoms with Crippen LogP contribution in [0.4, 0.5) is 5.69 Å². The number of hydrogen-bond donors (Lipinski definition) is 1. The number of ether oxygens (including phenoxy) is 1. The normalized spacial score (nSPS) is 10.3. The maximum absolute atomic E-state index is 11.9. The second-order valence-electron chi connectivity index (χ2n) is 4.51. The van der Waals surface area contributed by atoms with Crippen molar-refractivity contribution in [3.05, 3.63) is 45.0 Å². The van der Waals surface area contributed by atoms with Crippen LogP contribution in [0.2, 0.25) is 15.1 Å². The zero-order valence-corrected chi connectivity index (χ0v) is 14.4. The van der Waals surface area contributed by atoms with Crippen LogP contribution in [0.15, 0.2) is 24.3 Å². The number of pyridine rings is 1. The molecule has 5 nitrogen and oxygen atoms in total. The van der Waals surface area contributed by atoms with Gasteiger partial charge in [-0.25, -0.2) is 9.78 Å². The van der Waals surface area contributed by atoms with Crippen LogP contribution in [-0.4, -0.2) is 24.0 Å². The van der Waals surface area contributed by atoms with Crippen molar-refractivity contribution in [2.45, 2.75) is 6.92 Å². The molecular weight excluding hydrogens is 363 g/mol. The van der Waals surface area contributed by atoms with Gasteiger partial charge in [-0.1, -0.05) is 34.8 Å². The van der Waals surface area contributed by atoms with E-state index >= 15 is 0 Å². The number of hydrogen-bond acceptors (Lipinski definition) is 4. The molecule has 2 aromatic rings. The van der Waals surface area contributed by atoms with Crippen molar-refractivity contribution in [1.29, 1.82) is 0 Å². The Balaban J connectivity index is 2.70. The molecule has 0 spiro atoms. The highest BCUT2D eigenvalue weighted by molar-refractivity contribution is 6.37. The zero-order chi connectivity index (χ0) is 17.1. The topological polar surface area (TPSA) is 68.3 Å². The number of rotatable bonds is 3. The lowest BCUT2D eigenvalue weighted by atomic mass is 10.1. The SMILES string of the molecule is COC(=O)c1nc(-c2cc(Cl)ccc2Cl)cc(NC(C)=O)c1Cl. The number of carbonyl (C=O) groups excluding carboxylic acids is 2. The van der Waals surface area contributed by atoms with Gasteiger partial charge in [-0.2, -0.15) is 0 Å². The summed E-state index contributed by atoms with van der Waals surface area (Å²) in [5.74, 6) is -1.08. The third-order valence-corrected chi connectivity index (χ3v) is 3.80. The van der Waals surface area contributed by atoms with Crippen molar-refractivity contribution in [3.8, 4) is 11.3 Å². The van der Waals surface area contributed by atoms with Crippen molar-refractivity contribution in [2.24, 2.45) is 0 Å². The molecule has 0 aliphatic carbocycles. The van der Waals surface area contributed by atoms with E-state index < -0.39 is 5.97 Å². The first-order chi connectivity index (χ1) is 10.8. The summed E-state index contributed by atoms with van der Waals surface area (Å²) >= 11 is 18.3. The quantitative estimate of drug-likeness (QED) is 0.807. The largest absolute Gasteiger partial charge is 0.464 e. The molecule has 1 heterocycles. The molecule has 0 bridgehead atoms. The Morgan fingerprint density at radius 1 is 1.17 bits per heavy atom. The molecule has 0 radical (unpaired) electrons. The van der Waals surface area contributed by atoms with Gasteiger partial charge in [-0.3, -0.25) is 4.79 Å². The average molecular weight is 374 g/mol. The maximum atomic E-state index is 11.9. The summed E-state index contributed by atoms with van der Waals surface area (Å²) in [6.45, 7) is 1.32. The minimum Gasteiger partial charge on any atom is -0.464 e. The van der Waals surface area contributed by atoms with Crippen molar-refractivity contribution < 1.29 is 14.3 Å². The van der Waals surface area contributed by atoms with Crippen LogP contribution in [-0.2, 0) is 9.53 Å². The van der Waals surface area contributed by atoms with Gasteiger partial charge in [-0.05, 0) is 24.3 Å². The molecule has 0 fully saturated rings. The van der Waals surface area contributed by atoms with Crippen molar-refractivity contribution in [1.82, 2.24) is 4.98 Å². The molecule has 0 unspecified atom stereocenters. The third kappa shape index (κ3) is 3.93. The highest BCUT2D eigenvalue weighted by Gasteiger charge is 2.20. The second-order valence-corrected chi connectivity index (χ2v) is 5.74. The Bertz CT molecular complexity index is 794. The summed E-state index contributed by atoms with van der Waals surface area (Å²) in [7, 11) is 1.21. The summed E-state index contributed by atoms with van der Waals surface area (Å²) in [4.78, 5) is 27.4. The predicted octanol–water partition coefficient (Wildman–Crippen LogP) is 4.45. The van der Waals surface area contributed by atoms with E-state index in [1.165, 1.54) is 20.1 Å². The summed E-state index contributed by atoms with van der Waals surface area (Å²) in [5, 5.41) is 3.35. The summed E-state index contributed by atoms with van der Waals surface area (Å²) in [5.41, 5.74) is 0.908. The highest BCUT2D eigenvalue weighted by Crippen LogP contribution is 2.34. The number of nitrogens with zero attached hydrogens (tertiary/aromatic N) is 1. The molecule has 23 heavy (non-hydrogen) atoms. The molecule has 0 saturated heterocycles. The Labute approximate surface area is 147 Å². The number of esters is 1. The van der Waals surface area contributed by atoms with E-state index in [1.54, 1.807) is 18.2 Å². The monoisotopic (exact) mass is 372 g/mol. The molecule has 2 rings (SSSR count). The standard InChI is InChI=1S/C15H11Cl3N2O3/c1-7(21)19-12-6-11(9-5-8(16)3-4-10(9)17)20-14(13(12)18)15(22)23-2/h3-6H,1-2H3,(H,19,20,21). The van der Waals surface area contributed by atoms with Crippen molar-refractivity contribution in [2.75, 3.05) is 12.4 Å². The molecule has 0 aliphatic rings. The fourth-order valence-corrected chi connectivity index (χ4v) is 2.48. The maximum Gasteiger partial charge on any atom is 0.358 e. The van der Waals surface area contributed by atoms with Crippen LogP contribution in [0.1, 0.15) is 17.4 Å². The number of aromatic nitrogens is 1. The van der Waals surface area contributed by atoms with E-state index in [0.717, 1.165) is 0 Å². The third-order valence-electron chi connectivity index (χ3n) is 2.85. The smallest absolute Gasteiger partial charge is 0.358 e. The number of amides is 1. The van der Waals surface area contributed by atoms with Gasteiger partial charge in [-0.15, -0.1) is 0 Å². The Morgan fingerprint density at radius 2 is 1.87 bits per heavy atom. The van der Waals surface area contributed by atoms with Crippen molar-refractivity contribution >= 4 is 52.4 Å². The molecule has 0 saturated carbocycles. The zero-order valence-electron chi connectivity index (χ0n) is 12.1. The van der Waals surface area contributed by atoms with Crippen LogP contribution in [0, 0.1) is 0 Å². The van der Waals surface area contributed by atoms with E-state index in [0.29, 0.717) is 21.3 Å². The number of carbonyl (C=O) groups is 2. The molecule has 0 aliphatic heterocycles. The molecular formula is C15H11Cl3N2O3. The second kappa shape index (κ2) is 7.17. The average Bonchev–Trinajstić information content (AvgIpc) is 2.50. The van der Waals surface area contributed by atoms with Gasteiger partial charge in [0.1, 0.15) is 0 Å². The van der Waals surface area contributed by atoms with Gasteiger partial charge >= 0.3 is 5.97 Å². The van der Waals surface area contributed by atoms with Crippen LogP contribution in [0.25, 0.3) is 11.3 Å². The first kappa shape index (κ1) is 17.5. The lowest BCUT2D eigenvalue weighted by Gasteiger charge is -2.12. The molecule has 0 atom stereocenters.